The number of ether oxygens (including phenoxy) is 2. The number of nitro groups is 1. The van der Waals surface area contributed by atoms with Gasteiger partial charge in [0.05, 0.1) is 30.6 Å². The molecule has 0 bridgehead atoms. The molecule has 1 saturated heterocycles. The largest absolute Gasteiger partial charge is 0.468 e. The van der Waals surface area contributed by atoms with Crippen molar-refractivity contribution < 1.29 is 24.0 Å². The number of nitro benzene ring substituents is 1. The summed E-state index contributed by atoms with van der Waals surface area (Å²) in [6, 6.07) is 26.9. The number of carbonyl (C=O) groups is 2. The fourth-order valence-electron chi connectivity index (χ4n) is 7.55. The van der Waals surface area contributed by atoms with E-state index in [2.05, 4.69) is 65.6 Å². The van der Waals surface area contributed by atoms with Gasteiger partial charge in [-0.1, -0.05) is 79.7 Å². The summed E-state index contributed by atoms with van der Waals surface area (Å²) in [6.07, 6.45) is 5.10. The van der Waals surface area contributed by atoms with E-state index in [1.54, 1.807) is 25.3 Å². The highest BCUT2D eigenvalue weighted by Gasteiger charge is 2.49. The van der Waals surface area contributed by atoms with Crippen molar-refractivity contribution in [3.05, 3.63) is 112 Å². The van der Waals surface area contributed by atoms with Crippen molar-refractivity contribution in [2.45, 2.75) is 56.9 Å². The third-order valence-electron chi connectivity index (χ3n) is 10.0. The van der Waals surface area contributed by atoms with E-state index in [4.69, 9.17) is 19.5 Å². The van der Waals surface area contributed by atoms with Gasteiger partial charge in [0.15, 0.2) is 0 Å². The van der Waals surface area contributed by atoms with Crippen molar-refractivity contribution in [1.29, 1.82) is 0 Å². The summed E-state index contributed by atoms with van der Waals surface area (Å²) in [4.78, 5) is 49.7. The highest BCUT2D eigenvalue weighted by atomic mass is 16.6. The van der Waals surface area contributed by atoms with Crippen LogP contribution in [0.4, 0.5) is 5.69 Å². The Bertz CT molecular complexity index is 1580. The van der Waals surface area contributed by atoms with Crippen molar-refractivity contribution in [3.8, 4) is 0 Å². The van der Waals surface area contributed by atoms with E-state index in [1.807, 2.05) is 6.92 Å². The molecule has 2 aliphatic rings. The monoisotopic (exact) mass is 666 g/mol. The van der Waals surface area contributed by atoms with Gasteiger partial charge in [0.1, 0.15) is 5.92 Å². The maximum atomic E-state index is 13.6. The number of likely N-dealkylation sites (tertiary alicyclic amines) is 1. The number of esters is 2. The van der Waals surface area contributed by atoms with Crippen molar-refractivity contribution >= 4 is 29.6 Å². The van der Waals surface area contributed by atoms with E-state index in [9.17, 15) is 19.7 Å². The summed E-state index contributed by atoms with van der Waals surface area (Å²) in [7, 11) is 1.31. The summed E-state index contributed by atoms with van der Waals surface area (Å²) < 4.78 is 10.7. The molecule has 10 nitrogen and oxygen atoms in total. The number of hydrogen-bond donors (Lipinski definition) is 0. The zero-order valence-electron chi connectivity index (χ0n) is 28.6. The van der Waals surface area contributed by atoms with Crippen molar-refractivity contribution in [1.82, 2.24) is 4.90 Å². The van der Waals surface area contributed by atoms with Gasteiger partial charge in [0.2, 0.25) is 0 Å². The van der Waals surface area contributed by atoms with Gasteiger partial charge >= 0.3 is 11.9 Å². The molecule has 2 heterocycles. The highest BCUT2D eigenvalue weighted by molar-refractivity contribution is 6.05. The normalized spacial score (nSPS) is 22.3. The number of benzene rings is 3. The topological polar surface area (TPSA) is 124 Å². The molecular formula is C39H46N4O6. The van der Waals surface area contributed by atoms with Crippen molar-refractivity contribution in [2.75, 3.05) is 39.9 Å². The van der Waals surface area contributed by atoms with Crippen LogP contribution in [0.1, 0.15) is 62.1 Å². The van der Waals surface area contributed by atoms with Crippen LogP contribution in [0.15, 0.2) is 94.9 Å². The van der Waals surface area contributed by atoms with Crippen LogP contribution in [-0.4, -0.2) is 79.6 Å². The molecule has 0 aliphatic carbocycles. The summed E-state index contributed by atoms with van der Waals surface area (Å²) in [5.41, 5.74) is 3.85. The van der Waals surface area contributed by atoms with Gasteiger partial charge in [-0.15, -0.1) is 0 Å². The predicted octanol–water partition coefficient (Wildman–Crippen LogP) is 6.42. The number of non-ortho nitro benzene ring substituents is 1. The van der Waals surface area contributed by atoms with E-state index in [-0.39, 0.29) is 17.7 Å². The SMILES string of the molecule is CCOC(=O)C1C(C=NCCCN2CCC(c3ccccc3)(c3ccccc3)CC2)N=C(CC)C(C(=O)OC)C1c1ccc([N+](=O)[O-])cc1. The number of piperidine rings is 1. The van der Waals surface area contributed by atoms with Crippen LogP contribution in [0.3, 0.4) is 0 Å². The van der Waals surface area contributed by atoms with E-state index in [0.717, 1.165) is 38.9 Å². The lowest BCUT2D eigenvalue weighted by Crippen LogP contribution is -2.47. The zero-order chi connectivity index (χ0) is 34.8. The van der Waals surface area contributed by atoms with Crippen LogP contribution in [0.25, 0.3) is 0 Å². The van der Waals surface area contributed by atoms with Crippen molar-refractivity contribution in [3.63, 3.8) is 0 Å². The highest BCUT2D eigenvalue weighted by Crippen LogP contribution is 2.43. The Morgan fingerprint density at radius 2 is 1.57 bits per heavy atom. The molecule has 0 amide bonds. The molecule has 4 atom stereocenters. The fourth-order valence-corrected chi connectivity index (χ4v) is 7.55. The summed E-state index contributed by atoms with van der Waals surface area (Å²) in [6.45, 7) is 7.23. The Balaban J connectivity index is 1.30. The molecule has 10 heteroatoms. The average Bonchev–Trinajstić information content (AvgIpc) is 3.14. The zero-order valence-corrected chi connectivity index (χ0v) is 28.6. The van der Waals surface area contributed by atoms with Crippen LogP contribution in [-0.2, 0) is 24.5 Å². The Morgan fingerprint density at radius 3 is 2.10 bits per heavy atom. The van der Waals surface area contributed by atoms with Gasteiger partial charge in [0, 0.05) is 41.9 Å². The van der Waals surface area contributed by atoms with Gasteiger partial charge in [0.25, 0.3) is 5.69 Å². The summed E-state index contributed by atoms with van der Waals surface area (Å²) in [5, 5.41) is 11.4. The minimum absolute atomic E-state index is 0.00246. The van der Waals surface area contributed by atoms with Crippen LogP contribution in [0.2, 0.25) is 0 Å². The third-order valence-corrected chi connectivity index (χ3v) is 10.0. The third kappa shape index (κ3) is 7.96. The molecule has 3 aromatic rings. The first-order valence-electron chi connectivity index (χ1n) is 17.2. The van der Waals surface area contributed by atoms with Gasteiger partial charge in [-0.3, -0.25) is 29.7 Å². The molecule has 5 rings (SSSR count). The summed E-state index contributed by atoms with van der Waals surface area (Å²) in [5.74, 6) is -3.41. The van der Waals surface area contributed by atoms with E-state index >= 15 is 0 Å². The number of hydrogen-bond acceptors (Lipinski definition) is 9. The molecule has 258 valence electrons. The Labute approximate surface area is 288 Å². The predicted molar refractivity (Wildman–Crippen MR) is 190 cm³/mol. The molecule has 4 unspecified atom stereocenters. The first-order valence-corrected chi connectivity index (χ1v) is 17.2. The van der Waals surface area contributed by atoms with E-state index < -0.39 is 40.7 Å². The van der Waals surface area contributed by atoms with Gasteiger partial charge in [-0.05, 0) is 68.9 Å². The molecule has 3 aromatic carbocycles. The lowest BCUT2D eigenvalue weighted by atomic mass is 9.68. The second-order valence-electron chi connectivity index (χ2n) is 12.7. The maximum absolute atomic E-state index is 13.6. The van der Waals surface area contributed by atoms with Crippen LogP contribution in [0.5, 0.6) is 0 Å². The second kappa shape index (κ2) is 16.6. The molecular weight excluding hydrogens is 620 g/mol. The molecule has 0 N–H and O–H groups in total. The average molecular weight is 667 g/mol. The maximum Gasteiger partial charge on any atom is 0.315 e. The first kappa shape index (κ1) is 35.6. The molecule has 0 aromatic heterocycles. The smallest absolute Gasteiger partial charge is 0.315 e. The quantitative estimate of drug-likeness (QED) is 0.0678. The molecule has 0 radical (unpaired) electrons. The first-order chi connectivity index (χ1) is 23.8. The van der Waals surface area contributed by atoms with Crippen LogP contribution < -0.4 is 0 Å². The number of methoxy groups -OCH3 is 1. The molecule has 2 aliphatic heterocycles. The van der Waals surface area contributed by atoms with Crippen molar-refractivity contribution in [2.24, 2.45) is 21.8 Å². The Morgan fingerprint density at radius 1 is 0.959 bits per heavy atom. The number of aliphatic imine (C=N–C) groups is 2. The minimum Gasteiger partial charge on any atom is -0.468 e. The minimum atomic E-state index is -0.865. The van der Waals surface area contributed by atoms with Gasteiger partial charge in [-0.2, -0.15) is 0 Å². The number of carbonyl (C=O) groups excluding carboxylic acids is 2. The lowest BCUT2D eigenvalue weighted by molar-refractivity contribution is -0.384. The fraction of sp³-hybridized carbons (Fsp3) is 0.436. The molecule has 0 saturated carbocycles. The standard InChI is InChI=1S/C39H46N4O6/c1-4-32-35(37(44)48-3)34(28-17-19-31(20-18-28)43(46)47)36(38(45)49-5-2)33(41-32)27-40-23-12-24-42-25-21-39(22-26-42,29-13-8-6-9-14-29)30-15-10-7-11-16-30/h6-11,13-20,27,33-36H,4-5,12,21-26H2,1-3H3. The van der Waals surface area contributed by atoms with Crippen LogP contribution >= 0.6 is 0 Å². The van der Waals surface area contributed by atoms with Gasteiger partial charge < -0.3 is 14.4 Å². The Kier molecular flexibility index (Phi) is 12.1. The molecule has 1 fully saturated rings. The molecule has 0 spiro atoms. The number of rotatable bonds is 13. The van der Waals surface area contributed by atoms with E-state index in [0.29, 0.717) is 24.2 Å². The number of nitrogens with zero attached hydrogens (tertiary/aromatic N) is 4. The second-order valence-corrected chi connectivity index (χ2v) is 12.7. The van der Waals surface area contributed by atoms with Crippen LogP contribution in [0, 0.1) is 22.0 Å². The summed E-state index contributed by atoms with van der Waals surface area (Å²) >= 11 is 0. The Hall–Kier alpha value is -4.70. The van der Waals surface area contributed by atoms with E-state index in [1.165, 1.54) is 30.4 Å². The lowest BCUT2D eigenvalue weighted by Gasteiger charge is -2.43. The van der Waals surface area contributed by atoms with Gasteiger partial charge in [-0.25, -0.2) is 0 Å². The molecule has 49 heavy (non-hydrogen) atoms.